The quantitative estimate of drug-likeness (QED) is 0.128. The van der Waals surface area contributed by atoms with Crippen LogP contribution in [0.2, 0.25) is 0 Å². The van der Waals surface area contributed by atoms with Crippen molar-refractivity contribution in [2.75, 3.05) is 9.80 Å². The Hall–Kier alpha value is -11.1. The molecule has 5 heterocycles. The fourth-order valence-electron chi connectivity index (χ4n) is 16.2. The van der Waals surface area contributed by atoms with E-state index in [-0.39, 0.29) is 17.5 Å². The summed E-state index contributed by atoms with van der Waals surface area (Å²) in [6, 6.07) is 105. The van der Waals surface area contributed by atoms with Crippen LogP contribution in [0.5, 0.6) is 0 Å². The molecule has 16 aromatic rings. The summed E-state index contributed by atoms with van der Waals surface area (Å²) in [7, 11) is 0. The number of fused-ring (bicyclic) bond motifs is 13. The highest BCUT2D eigenvalue weighted by molar-refractivity contribution is 7.00. The molecule has 0 fully saturated rings. The first-order chi connectivity index (χ1) is 46.9. The Morgan fingerprint density at radius 3 is 1.23 bits per heavy atom. The number of rotatable bonds is 10. The van der Waals surface area contributed by atoms with Crippen molar-refractivity contribution in [1.82, 2.24) is 9.13 Å². The third-order valence-electron chi connectivity index (χ3n) is 20.8. The Balaban J connectivity index is 1.04. The van der Waals surface area contributed by atoms with Gasteiger partial charge in [0.05, 0.1) is 33.4 Å². The Bertz CT molecular complexity index is 5630. The minimum Gasteiger partial charge on any atom is -0.456 e. The maximum absolute atomic E-state index is 7.07. The summed E-state index contributed by atoms with van der Waals surface area (Å²) in [6.07, 6.45) is 2.89. The van der Waals surface area contributed by atoms with E-state index in [1.54, 1.807) is 0 Å². The van der Waals surface area contributed by atoms with Gasteiger partial charge < -0.3 is 23.4 Å². The first-order valence-corrected chi connectivity index (χ1v) is 34.2. The van der Waals surface area contributed by atoms with Crippen molar-refractivity contribution < 1.29 is 4.42 Å². The number of hydrogen-bond donors (Lipinski definition) is 0. The highest BCUT2D eigenvalue weighted by Gasteiger charge is 2.47. The lowest BCUT2D eigenvalue weighted by Crippen LogP contribution is -2.61. The molecular formula is C90H73BN4O. The SMILES string of the molecule is CCCCc1cc2oc3ccccc3c2c(-c2ccccc2)c1N1c2cc(-n3c4ccccc4c4ccccc43)ccc2B2c3ccc(-n4c5ccccc5c5ccccc54)cc3N(c3c(-c4ccccc4)cc(C(C)(C)C)cc3-c3ccccc3)c3cc(C(C)(C)C)cc1c32. The van der Waals surface area contributed by atoms with Gasteiger partial charge in [-0.25, -0.2) is 0 Å². The molecule has 0 N–H and O–H groups in total. The van der Waals surface area contributed by atoms with Crippen molar-refractivity contribution in [2.24, 2.45) is 0 Å². The average molecular weight is 1240 g/mol. The van der Waals surface area contributed by atoms with Crippen LogP contribution in [0.25, 0.3) is 110 Å². The molecular weight excluding hydrogens is 1160 g/mol. The zero-order valence-corrected chi connectivity index (χ0v) is 55.5. The van der Waals surface area contributed by atoms with Crippen molar-refractivity contribution in [3.8, 4) is 44.8 Å². The van der Waals surface area contributed by atoms with Crippen molar-refractivity contribution in [3.63, 3.8) is 0 Å². The van der Waals surface area contributed by atoms with E-state index < -0.39 is 0 Å². The molecule has 0 bridgehead atoms. The van der Waals surface area contributed by atoms with E-state index in [1.807, 2.05) is 0 Å². The fourth-order valence-corrected chi connectivity index (χ4v) is 16.2. The molecule has 2 aliphatic rings. The highest BCUT2D eigenvalue weighted by Crippen LogP contribution is 2.56. The molecule has 13 aromatic carbocycles. The van der Waals surface area contributed by atoms with Crippen LogP contribution in [0.4, 0.5) is 34.1 Å². The van der Waals surface area contributed by atoms with Crippen molar-refractivity contribution in [3.05, 3.63) is 296 Å². The fraction of sp³-hybridized carbons (Fsp3) is 0.133. The van der Waals surface area contributed by atoms with Gasteiger partial charge in [0.25, 0.3) is 6.71 Å². The molecule has 96 heavy (non-hydrogen) atoms. The number of anilines is 6. The minimum absolute atomic E-state index is 0.179. The van der Waals surface area contributed by atoms with Gasteiger partial charge in [0, 0.05) is 83.1 Å². The maximum atomic E-state index is 7.07. The zero-order chi connectivity index (χ0) is 64.7. The summed E-state index contributed by atoms with van der Waals surface area (Å²) in [5.41, 5.74) is 29.7. The number of para-hydroxylation sites is 5. The Kier molecular flexibility index (Phi) is 13.2. The Morgan fingerprint density at radius 2 is 0.771 bits per heavy atom. The number of nitrogens with zero attached hydrogens (tertiary/aromatic N) is 4. The van der Waals surface area contributed by atoms with E-state index in [2.05, 4.69) is 346 Å². The van der Waals surface area contributed by atoms with Gasteiger partial charge in [0.15, 0.2) is 0 Å². The molecule has 0 radical (unpaired) electrons. The summed E-state index contributed by atoms with van der Waals surface area (Å²) in [4.78, 5) is 5.48. The second-order valence-corrected chi connectivity index (χ2v) is 28.6. The number of benzene rings is 13. The molecule has 5 nitrogen and oxygen atoms in total. The number of furan rings is 1. The maximum Gasteiger partial charge on any atom is 0.252 e. The smallest absolute Gasteiger partial charge is 0.252 e. The molecule has 0 atom stereocenters. The van der Waals surface area contributed by atoms with Gasteiger partial charge in [0.1, 0.15) is 11.2 Å². The first-order valence-electron chi connectivity index (χ1n) is 34.2. The largest absolute Gasteiger partial charge is 0.456 e. The van der Waals surface area contributed by atoms with Gasteiger partial charge in [-0.05, 0) is 158 Å². The Labute approximate surface area is 561 Å². The molecule has 462 valence electrons. The molecule has 6 heteroatoms. The molecule has 2 aliphatic heterocycles. The normalized spacial score (nSPS) is 13.0. The molecule has 0 spiro atoms. The van der Waals surface area contributed by atoms with Crippen molar-refractivity contribution in [1.29, 1.82) is 0 Å². The van der Waals surface area contributed by atoms with E-state index in [4.69, 9.17) is 4.42 Å². The number of unbranched alkanes of at least 4 members (excludes halogenated alkanes) is 1. The average Bonchev–Trinajstić information content (AvgIpc) is 0.711. The van der Waals surface area contributed by atoms with Crippen LogP contribution in [-0.2, 0) is 17.3 Å². The summed E-state index contributed by atoms with van der Waals surface area (Å²) in [6.45, 7) is 16.4. The van der Waals surface area contributed by atoms with Crippen LogP contribution in [0, 0.1) is 0 Å². The summed E-state index contributed by atoms with van der Waals surface area (Å²) >= 11 is 0. The Morgan fingerprint density at radius 1 is 0.365 bits per heavy atom. The van der Waals surface area contributed by atoms with Gasteiger partial charge in [-0.15, -0.1) is 0 Å². The lowest BCUT2D eigenvalue weighted by atomic mass is 9.33. The third kappa shape index (κ3) is 8.91. The predicted octanol–water partition coefficient (Wildman–Crippen LogP) is 22.8. The van der Waals surface area contributed by atoms with E-state index in [0.29, 0.717) is 0 Å². The molecule has 3 aromatic heterocycles. The van der Waals surface area contributed by atoms with Gasteiger partial charge in [-0.3, -0.25) is 0 Å². The number of aryl methyl sites for hydroxylation is 1. The van der Waals surface area contributed by atoms with Crippen LogP contribution in [0.1, 0.15) is 78.0 Å². The van der Waals surface area contributed by atoms with E-state index in [9.17, 15) is 0 Å². The molecule has 18 rings (SSSR count). The molecule has 0 aliphatic carbocycles. The van der Waals surface area contributed by atoms with Crippen LogP contribution in [0.15, 0.2) is 283 Å². The van der Waals surface area contributed by atoms with Gasteiger partial charge >= 0.3 is 0 Å². The van der Waals surface area contributed by atoms with Gasteiger partial charge in [-0.1, -0.05) is 249 Å². The summed E-state index contributed by atoms with van der Waals surface area (Å²) in [5, 5.41) is 7.17. The molecule has 0 saturated heterocycles. The van der Waals surface area contributed by atoms with Crippen molar-refractivity contribution >= 4 is 123 Å². The minimum atomic E-state index is -0.312. The standard InChI is InChI=1S/C90H73BN4O/c1-8-9-29-60-50-83-85(69-40-23-28-45-82(69)96-83)84(59-34-17-12-18-35-59)87(60)94-78-55-63(92-74-41-24-19-36-65(74)66-37-20-25-42-75(66)92)46-48-72(78)91-73-49-47-64(93-76-43-26-21-38-67(76)68-39-22-27-44-77(68)93)56-79(73)95(81-54-62(90(5,6)7)53-80(94)86(81)91)88-70(57-30-13-10-14-31-57)51-61(89(2,3)4)52-71(88)58-32-15-11-16-33-58/h10-28,30-56H,8-9,29H2,1-7H3. The molecule has 0 saturated carbocycles. The number of aromatic nitrogens is 2. The number of hydrogen-bond acceptors (Lipinski definition) is 3. The first kappa shape index (κ1) is 57.6. The topological polar surface area (TPSA) is 29.5 Å². The predicted molar refractivity (Wildman–Crippen MR) is 409 cm³/mol. The van der Waals surface area contributed by atoms with E-state index in [1.165, 1.54) is 110 Å². The summed E-state index contributed by atoms with van der Waals surface area (Å²) in [5.74, 6) is 0. The molecule has 0 unspecified atom stereocenters. The second-order valence-electron chi connectivity index (χ2n) is 28.6. The van der Waals surface area contributed by atoms with Gasteiger partial charge in [-0.2, -0.15) is 0 Å². The zero-order valence-electron chi connectivity index (χ0n) is 55.5. The van der Waals surface area contributed by atoms with Crippen molar-refractivity contribution in [2.45, 2.75) is 78.6 Å². The summed E-state index contributed by atoms with van der Waals surface area (Å²) < 4.78 is 12.1. The van der Waals surface area contributed by atoms with Crippen LogP contribution in [0.3, 0.4) is 0 Å². The molecule has 0 amide bonds. The van der Waals surface area contributed by atoms with Crippen LogP contribution in [-0.4, -0.2) is 15.8 Å². The second kappa shape index (κ2) is 22.0. The third-order valence-corrected chi connectivity index (χ3v) is 20.8. The van der Waals surface area contributed by atoms with Crippen LogP contribution < -0.4 is 26.2 Å². The van der Waals surface area contributed by atoms with E-state index >= 15 is 0 Å². The lowest BCUT2D eigenvalue weighted by Gasteiger charge is -2.46. The van der Waals surface area contributed by atoms with E-state index in [0.717, 1.165) is 86.3 Å². The monoisotopic (exact) mass is 1240 g/mol. The highest BCUT2D eigenvalue weighted by atomic mass is 16.3. The van der Waals surface area contributed by atoms with Gasteiger partial charge in [0.2, 0.25) is 0 Å². The van der Waals surface area contributed by atoms with Crippen LogP contribution >= 0.6 is 0 Å². The lowest BCUT2D eigenvalue weighted by molar-refractivity contribution is 0.590.